The number of rotatable bonds is 1. The van der Waals surface area contributed by atoms with E-state index >= 15 is 0 Å². The molecule has 1 unspecified atom stereocenters. The number of fused-ring (bicyclic) bond motifs is 1. The predicted molar refractivity (Wildman–Crippen MR) is 69.1 cm³/mol. The van der Waals surface area contributed by atoms with E-state index in [0.717, 1.165) is 29.6 Å². The minimum atomic E-state index is -0.228. The van der Waals surface area contributed by atoms with Crippen molar-refractivity contribution in [2.75, 3.05) is 20.1 Å². The Kier molecular flexibility index (Phi) is 2.56. The van der Waals surface area contributed by atoms with Crippen molar-refractivity contribution in [2.45, 2.75) is 6.04 Å². The molecule has 1 aliphatic rings. The molecule has 0 radical (unpaired) electrons. The van der Waals surface area contributed by atoms with Gasteiger partial charge in [-0.15, -0.1) is 0 Å². The van der Waals surface area contributed by atoms with E-state index in [9.17, 15) is 4.79 Å². The first kappa shape index (κ1) is 11.2. The monoisotopic (exact) mass is 244 g/mol. The first-order valence-corrected chi connectivity index (χ1v) is 6.07. The minimum absolute atomic E-state index is 0.129. The van der Waals surface area contributed by atoms with Crippen LogP contribution in [0, 0.1) is 0 Å². The summed E-state index contributed by atoms with van der Waals surface area (Å²) in [6.45, 7) is 1.60. The Bertz CT molecular complexity index is 604. The Labute approximate surface area is 105 Å². The molecule has 1 N–H and O–H groups in total. The smallest absolute Gasteiger partial charge is 0.244 e. The first-order chi connectivity index (χ1) is 8.66. The zero-order chi connectivity index (χ0) is 12.7. The number of likely N-dealkylation sites (N-methyl/N-ethyl adjacent to an activating group) is 1. The van der Waals surface area contributed by atoms with Gasteiger partial charge in [-0.05, 0) is 17.7 Å². The third-order valence-electron chi connectivity index (χ3n) is 3.52. The van der Waals surface area contributed by atoms with Crippen LogP contribution in [-0.2, 0) is 11.8 Å². The molecule has 1 fully saturated rings. The van der Waals surface area contributed by atoms with Crippen LogP contribution in [0.15, 0.2) is 24.4 Å². The standard InChI is InChI=1S/C13H16N4O/c1-16-6-5-14-12(13(16)18)9-3-4-11-10(7-9)8-15-17(11)2/h3-4,7-8,12,14H,5-6H2,1-2H3. The molecule has 5 heteroatoms. The summed E-state index contributed by atoms with van der Waals surface area (Å²) >= 11 is 0. The summed E-state index contributed by atoms with van der Waals surface area (Å²) in [5, 5.41) is 8.55. The van der Waals surface area contributed by atoms with Gasteiger partial charge in [0.2, 0.25) is 5.91 Å². The molecule has 1 saturated heterocycles. The second kappa shape index (κ2) is 4.10. The van der Waals surface area contributed by atoms with Gasteiger partial charge in [-0.1, -0.05) is 6.07 Å². The summed E-state index contributed by atoms with van der Waals surface area (Å²) in [4.78, 5) is 13.9. The molecule has 1 aromatic heterocycles. The van der Waals surface area contributed by atoms with Crippen LogP contribution in [0.4, 0.5) is 0 Å². The number of nitrogens with zero attached hydrogens (tertiary/aromatic N) is 3. The molecule has 18 heavy (non-hydrogen) atoms. The molecule has 5 nitrogen and oxygen atoms in total. The molecule has 1 aromatic carbocycles. The number of aryl methyl sites for hydroxylation is 1. The van der Waals surface area contributed by atoms with Gasteiger partial charge in [0.25, 0.3) is 0 Å². The number of carbonyl (C=O) groups is 1. The Morgan fingerprint density at radius 3 is 3.06 bits per heavy atom. The van der Waals surface area contributed by atoms with E-state index in [1.807, 2.05) is 43.2 Å². The van der Waals surface area contributed by atoms with Gasteiger partial charge in [-0.3, -0.25) is 9.48 Å². The summed E-state index contributed by atoms with van der Waals surface area (Å²) in [5.41, 5.74) is 2.09. The summed E-state index contributed by atoms with van der Waals surface area (Å²) in [6.07, 6.45) is 1.83. The van der Waals surface area contributed by atoms with Gasteiger partial charge in [0.05, 0.1) is 11.7 Å². The molecular formula is C13H16N4O. The fourth-order valence-corrected chi connectivity index (χ4v) is 2.42. The van der Waals surface area contributed by atoms with E-state index in [4.69, 9.17) is 0 Å². The Morgan fingerprint density at radius 2 is 2.22 bits per heavy atom. The van der Waals surface area contributed by atoms with Crippen molar-refractivity contribution in [3.63, 3.8) is 0 Å². The van der Waals surface area contributed by atoms with Crippen LogP contribution in [0.5, 0.6) is 0 Å². The van der Waals surface area contributed by atoms with Crippen LogP contribution in [0.3, 0.4) is 0 Å². The molecule has 2 heterocycles. The average Bonchev–Trinajstić information content (AvgIpc) is 2.74. The summed E-state index contributed by atoms with van der Waals surface area (Å²) < 4.78 is 1.83. The van der Waals surface area contributed by atoms with Crippen molar-refractivity contribution in [1.82, 2.24) is 20.0 Å². The Balaban J connectivity index is 2.01. The van der Waals surface area contributed by atoms with E-state index in [1.165, 1.54) is 0 Å². The van der Waals surface area contributed by atoms with Crippen molar-refractivity contribution in [1.29, 1.82) is 0 Å². The van der Waals surface area contributed by atoms with Gasteiger partial charge in [-0.2, -0.15) is 5.10 Å². The van der Waals surface area contributed by atoms with Crippen molar-refractivity contribution in [3.8, 4) is 0 Å². The van der Waals surface area contributed by atoms with E-state index in [0.29, 0.717) is 0 Å². The van der Waals surface area contributed by atoms with Crippen LogP contribution in [-0.4, -0.2) is 40.7 Å². The lowest BCUT2D eigenvalue weighted by Crippen LogP contribution is -2.48. The van der Waals surface area contributed by atoms with Crippen LogP contribution in [0.1, 0.15) is 11.6 Å². The first-order valence-electron chi connectivity index (χ1n) is 6.07. The van der Waals surface area contributed by atoms with Gasteiger partial charge in [-0.25, -0.2) is 0 Å². The lowest BCUT2D eigenvalue weighted by Gasteiger charge is -2.30. The Morgan fingerprint density at radius 1 is 1.39 bits per heavy atom. The fourth-order valence-electron chi connectivity index (χ4n) is 2.42. The second-order valence-corrected chi connectivity index (χ2v) is 4.73. The maximum absolute atomic E-state index is 12.1. The number of piperazine rings is 1. The summed E-state index contributed by atoms with van der Waals surface area (Å²) in [6, 6.07) is 5.82. The molecule has 0 spiro atoms. The number of nitrogens with one attached hydrogen (secondary N) is 1. The SMILES string of the molecule is CN1CCNC(c2ccc3c(cnn3C)c2)C1=O. The number of hydrogen-bond acceptors (Lipinski definition) is 3. The molecule has 1 atom stereocenters. The third kappa shape index (κ3) is 1.67. The van der Waals surface area contributed by atoms with Gasteiger partial charge in [0.15, 0.2) is 0 Å². The van der Waals surface area contributed by atoms with E-state index in [2.05, 4.69) is 10.4 Å². The van der Waals surface area contributed by atoms with Gasteiger partial charge in [0.1, 0.15) is 6.04 Å². The van der Waals surface area contributed by atoms with Crippen molar-refractivity contribution in [3.05, 3.63) is 30.0 Å². The zero-order valence-electron chi connectivity index (χ0n) is 10.6. The van der Waals surface area contributed by atoms with Crippen molar-refractivity contribution >= 4 is 16.8 Å². The second-order valence-electron chi connectivity index (χ2n) is 4.73. The highest BCUT2D eigenvalue weighted by Gasteiger charge is 2.27. The highest BCUT2D eigenvalue weighted by atomic mass is 16.2. The largest absolute Gasteiger partial charge is 0.343 e. The molecule has 0 saturated carbocycles. The average molecular weight is 244 g/mol. The zero-order valence-corrected chi connectivity index (χ0v) is 10.6. The molecule has 0 bridgehead atoms. The summed E-state index contributed by atoms with van der Waals surface area (Å²) in [7, 11) is 3.76. The number of hydrogen-bond donors (Lipinski definition) is 1. The molecule has 94 valence electrons. The number of benzene rings is 1. The van der Waals surface area contributed by atoms with Crippen molar-refractivity contribution in [2.24, 2.45) is 7.05 Å². The van der Waals surface area contributed by atoms with Gasteiger partial charge < -0.3 is 10.2 Å². The van der Waals surface area contributed by atoms with Gasteiger partial charge in [0, 0.05) is 32.6 Å². The predicted octanol–water partition coefficient (Wildman–Crippen LogP) is 0.676. The summed E-state index contributed by atoms with van der Waals surface area (Å²) in [5.74, 6) is 0.129. The maximum atomic E-state index is 12.1. The number of aromatic nitrogens is 2. The maximum Gasteiger partial charge on any atom is 0.244 e. The van der Waals surface area contributed by atoms with Crippen LogP contribution in [0.2, 0.25) is 0 Å². The van der Waals surface area contributed by atoms with Crippen LogP contribution >= 0.6 is 0 Å². The molecule has 2 aromatic rings. The lowest BCUT2D eigenvalue weighted by atomic mass is 10.0. The molecule has 1 aliphatic heterocycles. The lowest BCUT2D eigenvalue weighted by molar-refractivity contribution is -0.134. The highest BCUT2D eigenvalue weighted by Crippen LogP contribution is 2.22. The van der Waals surface area contributed by atoms with E-state index < -0.39 is 0 Å². The molecular weight excluding hydrogens is 228 g/mol. The topological polar surface area (TPSA) is 50.2 Å². The van der Waals surface area contributed by atoms with Crippen LogP contribution < -0.4 is 5.32 Å². The normalized spacial score (nSPS) is 20.7. The quantitative estimate of drug-likeness (QED) is 0.802. The van der Waals surface area contributed by atoms with Crippen LogP contribution in [0.25, 0.3) is 10.9 Å². The van der Waals surface area contributed by atoms with Crippen molar-refractivity contribution < 1.29 is 4.79 Å². The molecule has 3 rings (SSSR count). The van der Waals surface area contributed by atoms with E-state index in [1.54, 1.807) is 4.90 Å². The van der Waals surface area contributed by atoms with Gasteiger partial charge >= 0.3 is 0 Å². The minimum Gasteiger partial charge on any atom is -0.343 e. The number of carbonyl (C=O) groups excluding carboxylic acids is 1. The molecule has 1 amide bonds. The van der Waals surface area contributed by atoms with E-state index in [-0.39, 0.29) is 11.9 Å². The molecule has 0 aliphatic carbocycles. The number of amides is 1. The Hall–Kier alpha value is -1.88. The third-order valence-corrected chi connectivity index (χ3v) is 3.52. The fraction of sp³-hybridized carbons (Fsp3) is 0.385. The highest BCUT2D eigenvalue weighted by molar-refractivity contribution is 5.86.